The highest BCUT2D eigenvalue weighted by atomic mass is 16.5. The first-order chi connectivity index (χ1) is 11.8. The molecule has 0 aliphatic rings. The van der Waals surface area contributed by atoms with Gasteiger partial charge in [0.15, 0.2) is 11.5 Å². The molecule has 0 saturated heterocycles. The number of methoxy groups -OCH3 is 1. The smallest absolute Gasteiger partial charge is 0.272 e. The van der Waals surface area contributed by atoms with Crippen molar-refractivity contribution in [3.63, 3.8) is 0 Å². The number of carbonyl (C=O) groups excluding carboxylic acids is 1. The van der Waals surface area contributed by atoms with E-state index in [1.54, 1.807) is 37.6 Å². The Morgan fingerprint density at radius 3 is 2.71 bits per heavy atom. The average molecular weight is 324 g/mol. The second kappa shape index (κ2) is 7.28. The highest BCUT2D eigenvalue weighted by Crippen LogP contribution is 2.25. The van der Waals surface area contributed by atoms with Gasteiger partial charge in [0.25, 0.3) is 5.91 Å². The summed E-state index contributed by atoms with van der Waals surface area (Å²) in [6.45, 7) is 0.300. The van der Waals surface area contributed by atoms with E-state index in [9.17, 15) is 4.79 Å². The van der Waals surface area contributed by atoms with Crippen molar-refractivity contribution in [3.8, 4) is 5.75 Å². The van der Waals surface area contributed by atoms with Crippen LogP contribution in [0.4, 0.5) is 11.5 Å². The lowest BCUT2D eigenvalue weighted by Gasteiger charge is -2.09. The van der Waals surface area contributed by atoms with Gasteiger partial charge in [0.05, 0.1) is 25.6 Å². The molecule has 0 atom stereocenters. The second-order valence-electron chi connectivity index (χ2n) is 4.89. The van der Waals surface area contributed by atoms with Crippen LogP contribution < -0.4 is 15.4 Å². The van der Waals surface area contributed by atoms with Crippen LogP contribution in [-0.2, 0) is 6.54 Å². The molecule has 24 heavy (non-hydrogen) atoms. The molecule has 7 heteroatoms. The number of nitrogens with one attached hydrogen (secondary N) is 2. The zero-order chi connectivity index (χ0) is 16.8. The van der Waals surface area contributed by atoms with Crippen molar-refractivity contribution in [2.24, 2.45) is 0 Å². The molecule has 0 spiro atoms. The molecular weight excluding hydrogens is 308 g/mol. The van der Waals surface area contributed by atoms with Gasteiger partial charge in [-0.1, -0.05) is 12.1 Å². The Hall–Kier alpha value is -3.35. The molecular formula is C17H16N4O3. The Morgan fingerprint density at radius 2 is 2.00 bits per heavy atom. The van der Waals surface area contributed by atoms with Crippen LogP contribution in [0.3, 0.4) is 0 Å². The standard InChI is InChI=1S/C17H16N4O3/c1-23-15-7-3-2-6-13(15)19-16-9-8-14(20-21-16)17(22)18-11-12-5-4-10-24-12/h2-10H,11H2,1H3,(H,18,22)(H,19,21). The number of para-hydroxylation sites is 2. The number of nitrogens with zero attached hydrogens (tertiary/aromatic N) is 2. The number of carbonyl (C=O) groups is 1. The van der Waals surface area contributed by atoms with E-state index in [0.29, 0.717) is 23.9 Å². The van der Waals surface area contributed by atoms with Gasteiger partial charge >= 0.3 is 0 Å². The summed E-state index contributed by atoms with van der Waals surface area (Å²) in [7, 11) is 1.60. The molecule has 3 rings (SSSR count). The van der Waals surface area contributed by atoms with Gasteiger partial charge in [0, 0.05) is 0 Å². The summed E-state index contributed by atoms with van der Waals surface area (Å²) >= 11 is 0. The molecule has 7 nitrogen and oxygen atoms in total. The molecule has 0 fully saturated rings. The Kier molecular flexibility index (Phi) is 4.71. The number of aromatic nitrogens is 2. The van der Waals surface area contributed by atoms with Gasteiger partial charge in [-0.05, 0) is 36.4 Å². The van der Waals surface area contributed by atoms with Gasteiger partial charge in [0.1, 0.15) is 11.5 Å². The van der Waals surface area contributed by atoms with Gasteiger partial charge in [-0.15, -0.1) is 10.2 Å². The molecule has 0 aliphatic heterocycles. The lowest BCUT2D eigenvalue weighted by molar-refractivity contribution is 0.0942. The van der Waals surface area contributed by atoms with E-state index in [2.05, 4.69) is 20.8 Å². The highest BCUT2D eigenvalue weighted by Gasteiger charge is 2.09. The van der Waals surface area contributed by atoms with Crippen molar-refractivity contribution >= 4 is 17.4 Å². The number of amides is 1. The van der Waals surface area contributed by atoms with E-state index in [1.807, 2.05) is 24.3 Å². The number of furan rings is 1. The summed E-state index contributed by atoms with van der Waals surface area (Å²) in [5, 5.41) is 13.8. The third kappa shape index (κ3) is 3.70. The minimum atomic E-state index is -0.317. The summed E-state index contributed by atoms with van der Waals surface area (Å²) in [5.74, 6) is 1.56. The average Bonchev–Trinajstić information content (AvgIpc) is 3.14. The Labute approximate surface area is 138 Å². The number of hydrogen-bond acceptors (Lipinski definition) is 6. The van der Waals surface area contributed by atoms with E-state index < -0.39 is 0 Å². The maximum Gasteiger partial charge on any atom is 0.272 e. The predicted molar refractivity (Wildman–Crippen MR) is 88.2 cm³/mol. The number of benzene rings is 1. The van der Waals surface area contributed by atoms with E-state index in [1.165, 1.54) is 0 Å². The minimum Gasteiger partial charge on any atom is -0.495 e. The first-order valence-corrected chi connectivity index (χ1v) is 7.30. The quantitative estimate of drug-likeness (QED) is 0.725. The van der Waals surface area contributed by atoms with Gasteiger partial charge in [0.2, 0.25) is 0 Å². The topological polar surface area (TPSA) is 89.3 Å². The van der Waals surface area contributed by atoms with Gasteiger partial charge in [-0.25, -0.2) is 0 Å². The summed E-state index contributed by atoms with van der Waals surface area (Å²) in [5.41, 5.74) is 0.997. The molecule has 0 bridgehead atoms. The van der Waals surface area contributed by atoms with Crippen molar-refractivity contribution in [3.05, 3.63) is 66.2 Å². The molecule has 1 aromatic carbocycles. The van der Waals surface area contributed by atoms with Gasteiger partial charge in [-0.3, -0.25) is 4.79 Å². The largest absolute Gasteiger partial charge is 0.495 e. The number of ether oxygens (including phenoxy) is 1. The molecule has 3 aromatic rings. The molecule has 122 valence electrons. The Bertz CT molecular complexity index is 801. The number of anilines is 2. The molecule has 1 amide bonds. The fourth-order valence-electron chi connectivity index (χ4n) is 2.08. The van der Waals surface area contributed by atoms with Crippen LogP contribution in [0, 0.1) is 0 Å². The summed E-state index contributed by atoms with van der Waals surface area (Å²) in [4.78, 5) is 12.0. The first-order valence-electron chi connectivity index (χ1n) is 7.30. The molecule has 2 heterocycles. The van der Waals surface area contributed by atoms with E-state index in [0.717, 1.165) is 5.69 Å². The third-order valence-electron chi connectivity index (χ3n) is 3.27. The van der Waals surface area contributed by atoms with Gasteiger partial charge < -0.3 is 19.8 Å². The summed E-state index contributed by atoms with van der Waals surface area (Å²) in [6.07, 6.45) is 1.56. The number of hydrogen-bond donors (Lipinski definition) is 2. The summed E-state index contributed by atoms with van der Waals surface area (Å²) in [6, 6.07) is 14.3. The highest BCUT2D eigenvalue weighted by molar-refractivity contribution is 5.92. The van der Waals surface area contributed by atoms with Crippen molar-refractivity contribution in [2.75, 3.05) is 12.4 Å². The van der Waals surface area contributed by atoms with Crippen LogP contribution in [0.1, 0.15) is 16.2 Å². The van der Waals surface area contributed by atoms with Crippen molar-refractivity contribution in [1.82, 2.24) is 15.5 Å². The predicted octanol–water partition coefficient (Wildman–Crippen LogP) is 2.75. The monoisotopic (exact) mass is 324 g/mol. The lowest BCUT2D eigenvalue weighted by Crippen LogP contribution is -2.23. The first kappa shape index (κ1) is 15.5. The minimum absolute atomic E-state index is 0.229. The van der Waals surface area contributed by atoms with Crippen LogP contribution >= 0.6 is 0 Å². The lowest BCUT2D eigenvalue weighted by atomic mass is 10.3. The SMILES string of the molecule is COc1ccccc1Nc1ccc(C(=O)NCc2ccco2)nn1. The molecule has 0 saturated carbocycles. The van der Waals surface area contributed by atoms with Crippen molar-refractivity contribution < 1.29 is 13.9 Å². The zero-order valence-corrected chi connectivity index (χ0v) is 13.0. The molecule has 2 aromatic heterocycles. The van der Waals surface area contributed by atoms with Crippen LogP contribution in [0.5, 0.6) is 5.75 Å². The fourth-order valence-corrected chi connectivity index (χ4v) is 2.08. The van der Waals surface area contributed by atoms with Crippen molar-refractivity contribution in [1.29, 1.82) is 0 Å². The molecule has 0 unspecified atom stereocenters. The van der Waals surface area contributed by atoms with Gasteiger partial charge in [-0.2, -0.15) is 0 Å². The van der Waals surface area contributed by atoms with Crippen LogP contribution in [-0.4, -0.2) is 23.2 Å². The van der Waals surface area contributed by atoms with E-state index >= 15 is 0 Å². The molecule has 0 aliphatic carbocycles. The molecule has 0 radical (unpaired) electrons. The van der Waals surface area contributed by atoms with E-state index in [-0.39, 0.29) is 11.6 Å². The third-order valence-corrected chi connectivity index (χ3v) is 3.27. The maximum absolute atomic E-state index is 12.0. The Morgan fingerprint density at radius 1 is 1.12 bits per heavy atom. The maximum atomic E-state index is 12.0. The van der Waals surface area contributed by atoms with Crippen molar-refractivity contribution in [2.45, 2.75) is 6.54 Å². The normalized spacial score (nSPS) is 10.2. The van der Waals surface area contributed by atoms with Crippen LogP contribution in [0.15, 0.2) is 59.2 Å². The zero-order valence-electron chi connectivity index (χ0n) is 13.0. The summed E-state index contributed by atoms with van der Waals surface area (Å²) < 4.78 is 10.4. The van der Waals surface area contributed by atoms with E-state index in [4.69, 9.17) is 9.15 Å². The number of rotatable bonds is 6. The van der Waals surface area contributed by atoms with Crippen LogP contribution in [0.2, 0.25) is 0 Å². The molecule has 2 N–H and O–H groups in total. The Balaban J connectivity index is 1.63. The second-order valence-corrected chi connectivity index (χ2v) is 4.89. The van der Waals surface area contributed by atoms with Crippen LogP contribution in [0.25, 0.3) is 0 Å². The fraction of sp³-hybridized carbons (Fsp3) is 0.118.